The monoisotopic (exact) mass is 241 g/mol. The van der Waals surface area contributed by atoms with Crippen LogP contribution in [-0.4, -0.2) is 48.9 Å². The average molecular weight is 241 g/mol. The van der Waals surface area contributed by atoms with Crippen LogP contribution in [0.15, 0.2) is 0 Å². The molecule has 1 aliphatic rings. The van der Waals surface area contributed by atoms with Crippen LogP contribution in [0.1, 0.15) is 27.7 Å². The summed E-state index contributed by atoms with van der Waals surface area (Å²) < 4.78 is 0. The van der Waals surface area contributed by atoms with Gasteiger partial charge >= 0.3 is 11.8 Å². The molecule has 5 heteroatoms. The third-order valence-corrected chi connectivity index (χ3v) is 3.25. The zero-order chi connectivity index (χ0) is 13.1. The highest BCUT2D eigenvalue weighted by molar-refractivity contribution is 6.35. The number of rotatable bonds is 1. The van der Waals surface area contributed by atoms with Crippen molar-refractivity contribution in [2.24, 2.45) is 5.41 Å². The molecular weight excluding hydrogens is 218 g/mol. The van der Waals surface area contributed by atoms with Crippen LogP contribution < -0.4 is 10.6 Å². The van der Waals surface area contributed by atoms with Crippen molar-refractivity contribution in [2.45, 2.75) is 33.7 Å². The maximum absolute atomic E-state index is 11.8. The smallest absolute Gasteiger partial charge is 0.311 e. The molecule has 0 spiro atoms. The van der Waals surface area contributed by atoms with Crippen LogP contribution in [0, 0.1) is 5.41 Å². The Labute approximate surface area is 103 Å². The largest absolute Gasteiger partial charge is 0.345 e. The van der Waals surface area contributed by atoms with Gasteiger partial charge < -0.3 is 15.5 Å². The minimum Gasteiger partial charge on any atom is -0.345 e. The van der Waals surface area contributed by atoms with Crippen molar-refractivity contribution in [1.29, 1.82) is 0 Å². The molecule has 1 saturated heterocycles. The summed E-state index contributed by atoms with van der Waals surface area (Å²) in [5.74, 6) is -0.906. The predicted molar refractivity (Wildman–Crippen MR) is 66.5 cm³/mol. The lowest BCUT2D eigenvalue weighted by Gasteiger charge is -2.30. The summed E-state index contributed by atoms with van der Waals surface area (Å²) in [7, 11) is 0. The van der Waals surface area contributed by atoms with Crippen molar-refractivity contribution in [3.05, 3.63) is 0 Å². The number of piperazine rings is 1. The number of nitrogens with zero attached hydrogens (tertiary/aromatic N) is 1. The quantitative estimate of drug-likeness (QED) is 0.634. The van der Waals surface area contributed by atoms with Crippen LogP contribution in [0.2, 0.25) is 0 Å². The second kappa shape index (κ2) is 5.49. The van der Waals surface area contributed by atoms with Gasteiger partial charge in [-0.05, 0) is 12.3 Å². The maximum atomic E-state index is 11.8. The Morgan fingerprint density at radius 2 is 1.76 bits per heavy atom. The van der Waals surface area contributed by atoms with E-state index in [1.807, 2.05) is 27.7 Å². The summed E-state index contributed by atoms with van der Waals surface area (Å²) in [4.78, 5) is 25.2. The highest BCUT2D eigenvalue weighted by Crippen LogP contribution is 2.18. The van der Waals surface area contributed by atoms with E-state index in [2.05, 4.69) is 10.6 Å². The lowest BCUT2D eigenvalue weighted by atomic mass is 9.88. The van der Waals surface area contributed by atoms with Gasteiger partial charge in [0.1, 0.15) is 0 Å². The molecule has 0 radical (unpaired) electrons. The van der Waals surface area contributed by atoms with Gasteiger partial charge in [-0.15, -0.1) is 0 Å². The lowest BCUT2D eigenvalue weighted by molar-refractivity contribution is -0.146. The van der Waals surface area contributed by atoms with Crippen molar-refractivity contribution in [3.8, 4) is 0 Å². The number of hydrogen-bond acceptors (Lipinski definition) is 3. The highest BCUT2D eigenvalue weighted by atomic mass is 16.2. The number of carbonyl (C=O) groups excluding carboxylic acids is 2. The first kappa shape index (κ1) is 14.0. The van der Waals surface area contributed by atoms with Gasteiger partial charge in [0.05, 0.1) is 0 Å². The summed E-state index contributed by atoms with van der Waals surface area (Å²) in [6, 6.07) is -0.0261. The van der Waals surface area contributed by atoms with Crippen LogP contribution in [0.4, 0.5) is 0 Å². The molecule has 1 aliphatic heterocycles. The number of hydrogen-bond donors (Lipinski definition) is 2. The van der Waals surface area contributed by atoms with E-state index in [9.17, 15) is 9.59 Å². The third-order valence-electron chi connectivity index (χ3n) is 3.25. The fraction of sp³-hybridized carbons (Fsp3) is 0.833. The molecule has 0 saturated carbocycles. The van der Waals surface area contributed by atoms with E-state index in [0.29, 0.717) is 13.1 Å². The molecule has 1 unspecified atom stereocenters. The molecule has 98 valence electrons. The molecule has 0 aromatic carbocycles. The Morgan fingerprint density at radius 1 is 1.24 bits per heavy atom. The fourth-order valence-electron chi connectivity index (χ4n) is 1.49. The third kappa shape index (κ3) is 4.00. The van der Waals surface area contributed by atoms with Crippen molar-refractivity contribution in [2.75, 3.05) is 26.2 Å². The first-order valence-corrected chi connectivity index (χ1v) is 6.13. The molecule has 0 aliphatic carbocycles. The molecule has 1 heterocycles. The minimum atomic E-state index is -0.491. The normalized spacial score (nSPS) is 18.7. The van der Waals surface area contributed by atoms with E-state index in [-0.39, 0.29) is 11.5 Å². The molecule has 0 aromatic rings. The molecule has 1 rings (SSSR count). The van der Waals surface area contributed by atoms with Gasteiger partial charge in [-0.1, -0.05) is 20.8 Å². The van der Waals surface area contributed by atoms with Crippen molar-refractivity contribution >= 4 is 11.8 Å². The zero-order valence-electron chi connectivity index (χ0n) is 11.2. The summed E-state index contributed by atoms with van der Waals surface area (Å²) in [5, 5.41) is 5.91. The number of carbonyl (C=O) groups is 2. The van der Waals surface area contributed by atoms with E-state index in [1.54, 1.807) is 4.90 Å². The van der Waals surface area contributed by atoms with Gasteiger partial charge in [-0.2, -0.15) is 0 Å². The topological polar surface area (TPSA) is 61.4 Å². The van der Waals surface area contributed by atoms with Crippen LogP contribution in [0.5, 0.6) is 0 Å². The average Bonchev–Trinajstić information content (AvgIpc) is 2.27. The van der Waals surface area contributed by atoms with E-state index in [1.165, 1.54) is 0 Å². The second-order valence-corrected chi connectivity index (χ2v) is 5.60. The van der Waals surface area contributed by atoms with E-state index in [4.69, 9.17) is 0 Å². The van der Waals surface area contributed by atoms with E-state index in [0.717, 1.165) is 13.1 Å². The van der Waals surface area contributed by atoms with Crippen molar-refractivity contribution < 1.29 is 9.59 Å². The first-order valence-electron chi connectivity index (χ1n) is 6.13. The van der Waals surface area contributed by atoms with Crippen molar-refractivity contribution in [3.63, 3.8) is 0 Å². The first-order chi connectivity index (χ1) is 7.82. The Kier molecular flexibility index (Phi) is 4.51. The minimum absolute atomic E-state index is 0.0261. The summed E-state index contributed by atoms with van der Waals surface area (Å²) in [5.41, 5.74) is -0.0423. The lowest BCUT2D eigenvalue weighted by Crippen LogP contribution is -2.53. The van der Waals surface area contributed by atoms with Gasteiger partial charge in [0.25, 0.3) is 0 Å². The van der Waals surface area contributed by atoms with Gasteiger partial charge in [-0.25, -0.2) is 0 Å². The predicted octanol–water partition coefficient (Wildman–Crippen LogP) is -0.0310. The second-order valence-electron chi connectivity index (χ2n) is 5.60. The van der Waals surface area contributed by atoms with Crippen molar-refractivity contribution in [1.82, 2.24) is 15.5 Å². The zero-order valence-corrected chi connectivity index (χ0v) is 11.2. The fourth-order valence-corrected chi connectivity index (χ4v) is 1.49. The molecule has 1 fully saturated rings. The SMILES string of the molecule is CC(NC(=O)C(=O)N1CCNCC1)C(C)(C)C. The van der Waals surface area contributed by atoms with Crippen LogP contribution in [-0.2, 0) is 9.59 Å². The van der Waals surface area contributed by atoms with E-state index >= 15 is 0 Å². The molecule has 1 atom stereocenters. The standard InChI is InChI=1S/C12H23N3O2/c1-9(12(2,3)4)14-10(16)11(17)15-7-5-13-6-8-15/h9,13H,5-8H2,1-4H3,(H,14,16). The van der Waals surface area contributed by atoms with E-state index < -0.39 is 11.8 Å². The Bertz CT molecular complexity index is 291. The van der Waals surface area contributed by atoms with Crippen LogP contribution in [0.3, 0.4) is 0 Å². The molecule has 2 amide bonds. The summed E-state index contributed by atoms with van der Waals surface area (Å²) >= 11 is 0. The van der Waals surface area contributed by atoms with Gasteiger partial charge in [0.2, 0.25) is 0 Å². The number of nitrogens with one attached hydrogen (secondary N) is 2. The molecular formula is C12H23N3O2. The molecule has 2 N–H and O–H groups in total. The van der Waals surface area contributed by atoms with Gasteiger partial charge in [0, 0.05) is 32.2 Å². The summed E-state index contributed by atoms with van der Waals surface area (Å²) in [6.45, 7) is 10.8. The number of amides is 2. The molecule has 0 bridgehead atoms. The van der Waals surface area contributed by atoms with Crippen LogP contribution in [0.25, 0.3) is 0 Å². The van der Waals surface area contributed by atoms with Gasteiger partial charge in [-0.3, -0.25) is 9.59 Å². The molecule has 0 aromatic heterocycles. The molecule has 17 heavy (non-hydrogen) atoms. The maximum Gasteiger partial charge on any atom is 0.311 e. The Morgan fingerprint density at radius 3 is 2.24 bits per heavy atom. The van der Waals surface area contributed by atoms with Crippen LogP contribution >= 0.6 is 0 Å². The Balaban J connectivity index is 2.49. The Hall–Kier alpha value is -1.10. The highest BCUT2D eigenvalue weighted by Gasteiger charge is 2.27. The van der Waals surface area contributed by atoms with Gasteiger partial charge in [0.15, 0.2) is 0 Å². The summed E-state index contributed by atoms with van der Waals surface area (Å²) in [6.07, 6.45) is 0. The molecule has 5 nitrogen and oxygen atoms in total.